The van der Waals surface area contributed by atoms with E-state index in [0.717, 1.165) is 11.3 Å². The molecule has 2 amide bonds. The highest BCUT2D eigenvalue weighted by molar-refractivity contribution is 7.93. The number of nitrogens with two attached hydrogens (primary N) is 1. The summed E-state index contributed by atoms with van der Waals surface area (Å²) in [5.41, 5.74) is 6.84. The van der Waals surface area contributed by atoms with Crippen molar-refractivity contribution in [1.29, 1.82) is 0 Å². The molecule has 2 rings (SSSR count). The van der Waals surface area contributed by atoms with Gasteiger partial charge in [0.05, 0.1) is 16.6 Å². The Balaban J connectivity index is 2.33. The third kappa shape index (κ3) is 2.49. The first kappa shape index (κ1) is 12.5. The molecule has 3 N–H and O–H groups in total. The molecule has 2 aromatic rings. The van der Waals surface area contributed by atoms with Gasteiger partial charge in [-0.05, 0) is 24.3 Å². The summed E-state index contributed by atoms with van der Waals surface area (Å²) in [6.45, 7) is 0. The zero-order valence-electron chi connectivity index (χ0n) is 9.03. The van der Waals surface area contributed by atoms with Crippen LogP contribution >= 0.6 is 11.3 Å². The van der Waals surface area contributed by atoms with E-state index in [-0.39, 0.29) is 9.10 Å². The zero-order valence-corrected chi connectivity index (χ0v) is 10.7. The van der Waals surface area contributed by atoms with Crippen molar-refractivity contribution in [2.75, 3.05) is 5.32 Å². The Morgan fingerprint density at radius 3 is 2.44 bits per heavy atom. The number of thiazole rings is 1. The molecule has 0 spiro atoms. The summed E-state index contributed by atoms with van der Waals surface area (Å²) >= 11 is 1.05. The monoisotopic (exact) mass is 283 g/mol. The number of hydrogen-bond donors (Lipinski definition) is 2. The molecular formula is C10H9N3O3S2. The van der Waals surface area contributed by atoms with Crippen molar-refractivity contribution >= 4 is 32.9 Å². The van der Waals surface area contributed by atoms with Crippen LogP contribution in [-0.2, 0) is 9.84 Å². The molecule has 0 radical (unpaired) electrons. The SMILES string of the molecule is NC(=O)Nc1ccc(S(=O)(=O)c2cncs2)cc1. The largest absolute Gasteiger partial charge is 0.351 e. The third-order valence-corrected chi connectivity index (χ3v) is 5.15. The van der Waals surface area contributed by atoms with Gasteiger partial charge >= 0.3 is 6.03 Å². The highest BCUT2D eigenvalue weighted by atomic mass is 32.2. The maximum atomic E-state index is 12.1. The summed E-state index contributed by atoms with van der Waals surface area (Å²) in [7, 11) is -3.53. The van der Waals surface area contributed by atoms with Crippen LogP contribution in [0.25, 0.3) is 0 Å². The Bertz CT molecular complexity index is 648. The summed E-state index contributed by atoms with van der Waals surface area (Å²) in [5, 5.41) is 2.35. The Morgan fingerprint density at radius 2 is 1.94 bits per heavy atom. The van der Waals surface area contributed by atoms with Crippen molar-refractivity contribution < 1.29 is 13.2 Å². The maximum absolute atomic E-state index is 12.1. The Labute approximate surface area is 107 Å². The number of rotatable bonds is 3. The van der Waals surface area contributed by atoms with Crippen LogP contribution in [0.1, 0.15) is 0 Å². The molecule has 0 atom stereocenters. The Hall–Kier alpha value is -1.93. The molecule has 0 aliphatic heterocycles. The van der Waals surface area contributed by atoms with E-state index in [9.17, 15) is 13.2 Å². The first-order chi connectivity index (χ1) is 8.50. The number of primary amides is 1. The van der Waals surface area contributed by atoms with Crippen LogP contribution in [0.2, 0.25) is 0 Å². The van der Waals surface area contributed by atoms with Crippen LogP contribution < -0.4 is 11.1 Å². The number of nitrogens with zero attached hydrogens (tertiary/aromatic N) is 1. The standard InChI is InChI=1S/C10H9N3O3S2/c11-10(14)13-7-1-3-8(4-2-7)18(15,16)9-5-12-6-17-9/h1-6H,(H3,11,13,14). The van der Waals surface area contributed by atoms with E-state index in [0.29, 0.717) is 5.69 Å². The lowest BCUT2D eigenvalue weighted by atomic mass is 10.3. The first-order valence-corrected chi connectivity index (χ1v) is 7.16. The predicted molar refractivity (Wildman–Crippen MR) is 67.2 cm³/mol. The Morgan fingerprint density at radius 1 is 1.28 bits per heavy atom. The molecule has 1 aromatic heterocycles. The van der Waals surface area contributed by atoms with E-state index in [1.165, 1.54) is 36.0 Å². The number of carbonyl (C=O) groups excluding carboxylic acids is 1. The maximum Gasteiger partial charge on any atom is 0.316 e. The number of carbonyl (C=O) groups is 1. The van der Waals surface area contributed by atoms with Crippen molar-refractivity contribution in [3.8, 4) is 0 Å². The van der Waals surface area contributed by atoms with Crippen molar-refractivity contribution in [3.05, 3.63) is 36.0 Å². The minimum atomic E-state index is -3.53. The number of anilines is 1. The molecule has 0 fully saturated rings. The fraction of sp³-hybridized carbons (Fsp3) is 0. The second kappa shape index (κ2) is 4.75. The van der Waals surface area contributed by atoms with E-state index < -0.39 is 15.9 Å². The lowest BCUT2D eigenvalue weighted by Crippen LogP contribution is -2.19. The molecule has 1 heterocycles. The van der Waals surface area contributed by atoms with Gasteiger partial charge in [-0.3, -0.25) is 4.98 Å². The van der Waals surface area contributed by atoms with Crippen LogP contribution in [0.5, 0.6) is 0 Å². The molecule has 94 valence electrons. The topological polar surface area (TPSA) is 102 Å². The van der Waals surface area contributed by atoms with Crippen molar-refractivity contribution in [3.63, 3.8) is 0 Å². The minimum Gasteiger partial charge on any atom is -0.351 e. The van der Waals surface area contributed by atoms with Crippen LogP contribution in [0.3, 0.4) is 0 Å². The number of urea groups is 1. The second-order valence-electron chi connectivity index (χ2n) is 3.34. The van der Waals surface area contributed by atoms with E-state index in [1.54, 1.807) is 0 Å². The number of amides is 2. The van der Waals surface area contributed by atoms with E-state index in [4.69, 9.17) is 5.73 Å². The average Bonchev–Trinajstić information content (AvgIpc) is 2.83. The smallest absolute Gasteiger partial charge is 0.316 e. The number of sulfone groups is 1. The quantitative estimate of drug-likeness (QED) is 0.890. The van der Waals surface area contributed by atoms with Gasteiger partial charge in [-0.1, -0.05) is 0 Å². The fourth-order valence-electron chi connectivity index (χ4n) is 1.31. The minimum absolute atomic E-state index is 0.141. The van der Waals surface area contributed by atoms with Crippen LogP contribution in [0.15, 0.2) is 45.1 Å². The summed E-state index contributed by atoms with van der Waals surface area (Å²) in [6, 6.07) is 5.05. The van der Waals surface area contributed by atoms with Gasteiger partial charge in [0.15, 0.2) is 0 Å². The van der Waals surface area contributed by atoms with Gasteiger partial charge in [-0.15, -0.1) is 11.3 Å². The average molecular weight is 283 g/mol. The van der Waals surface area contributed by atoms with Gasteiger partial charge in [0.2, 0.25) is 9.84 Å². The Kier molecular flexibility index (Phi) is 3.30. The number of hydrogen-bond acceptors (Lipinski definition) is 5. The molecule has 18 heavy (non-hydrogen) atoms. The number of aromatic nitrogens is 1. The lowest BCUT2D eigenvalue weighted by Gasteiger charge is -2.04. The van der Waals surface area contributed by atoms with E-state index in [2.05, 4.69) is 10.3 Å². The first-order valence-electron chi connectivity index (χ1n) is 4.80. The molecule has 0 unspecified atom stereocenters. The van der Waals surface area contributed by atoms with Gasteiger partial charge < -0.3 is 11.1 Å². The predicted octanol–water partition coefficient (Wildman–Crippen LogP) is 1.47. The second-order valence-corrected chi connectivity index (χ2v) is 6.40. The molecule has 0 saturated heterocycles. The zero-order chi connectivity index (χ0) is 13.2. The molecule has 6 nitrogen and oxygen atoms in total. The lowest BCUT2D eigenvalue weighted by molar-refractivity contribution is 0.259. The highest BCUT2D eigenvalue weighted by Crippen LogP contribution is 2.24. The molecule has 8 heteroatoms. The summed E-state index contributed by atoms with van der Waals surface area (Å²) in [6.07, 6.45) is 1.30. The van der Waals surface area contributed by atoms with Gasteiger partial charge in [0.25, 0.3) is 0 Å². The van der Waals surface area contributed by atoms with Crippen LogP contribution in [0.4, 0.5) is 10.5 Å². The van der Waals surface area contributed by atoms with Crippen LogP contribution in [0, 0.1) is 0 Å². The summed E-state index contributed by atoms with van der Waals surface area (Å²) in [5.74, 6) is 0. The summed E-state index contributed by atoms with van der Waals surface area (Å²) < 4.78 is 24.4. The van der Waals surface area contributed by atoms with Crippen molar-refractivity contribution in [2.45, 2.75) is 9.10 Å². The van der Waals surface area contributed by atoms with Gasteiger partial charge in [-0.2, -0.15) is 0 Å². The summed E-state index contributed by atoms with van der Waals surface area (Å²) in [4.78, 5) is 14.5. The molecule has 1 aromatic carbocycles. The van der Waals surface area contributed by atoms with Gasteiger partial charge in [0, 0.05) is 5.69 Å². The van der Waals surface area contributed by atoms with Gasteiger partial charge in [-0.25, -0.2) is 13.2 Å². The molecule has 0 aliphatic rings. The highest BCUT2D eigenvalue weighted by Gasteiger charge is 2.18. The van der Waals surface area contributed by atoms with Crippen molar-refractivity contribution in [1.82, 2.24) is 4.98 Å². The van der Waals surface area contributed by atoms with Gasteiger partial charge in [0.1, 0.15) is 4.21 Å². The van der Waals surface area contributed by atoms with E-state index >= 15 is 0 Å². The van der Waals surface area contributed by atoms with Crippen molar-refractivity contribution in [2.24, 2.45) is 5.73 Å². The van der Waals surface area contributed by atoms with E-state index in [1.807, 2.05) is 0 Å². The molecule has 0 bridgehead atoms. The van der Waals surface area contributed by atoms with Crippen LogP contribution in [-0.4, -0.2) is 19.4 Å². The number of benzene rings is 1. The fourth-order valence-corrected chi connectivity index (χ4v) is 3.51. The normalized spacial score (nSPS) is 11.1. The molecule has 0 saturated carbocycles. The number of nitrogens with one attached hydrogen (secondary N) is 1. The third-order valence-electron chi connectivity index (χ3n) is 2.11. The molecular weight excluding hydrogens is 274 g/mol. The molecule has 0 aliphatic carbocycles.